The Balaban J connectivity index is 2.27. The molecule has 1 aromatic carbocycles. The van der Waals surface area contributed by atoms with Gasteiger partial charge in [0.15, 0.2) is 5.78 Å². The second-order valence-corrected chi connectivity index (χ2v) is 4.61. The molecule has 0 aliphatic carbocycles. The molecule has 0 fully saturated rings. The van der Waals surface area contributed by atoms with Crippen LogP contribution in [-0.4, -0.2) is 24.0 Å². The summed E-state index contributed by atoms with van der Waals surface area (Å²) < 4.78 is 10.7. The van der Waals surface area contributed by atoms with Crippen LogP contribution in [0.5, 0.6) is 5.75 Å². The number of benzene rings is 1. The molecule has 2 rings (SSSR count). The molecule has 96 valence electrons. The van der Waals surface area contributed by atoms with Gasteiger partial charge in [0.25, 0.3) is 0 Å². The van der Waals surface area contributed by atoms with Crippen LogP contribution in [0.3, 0.4) is 0 Å². The third kappa shape index (κ3) is 2.10. The van der Waals surface area contributed by atoms with Crippen molar-refractivity contribution in [2.45, 2.75) is 32.8 Å². The van der Waals surface area contributed by atoms with E-state index in [1.165, 1.54) is 6.92 Å². The average Bonchev–Trinajstić information content (AvgIpc) is 2.65. The van der Waals surface area contributed by atoms with E-state index in [9.17, 15) is 9.59 Å². The molecule has 0 unspecified atom stereocenters. The molecular formula is C14H16O4. The van der Waals surface area contributed by atoms with Gasteiger partial charge in [0, 0.05) is 12.0 Å². The molecule has 0 bridgehead atoms. The Hall–Kier alpha value is -1.84. The van der Waals surface area contributed by atoms with Gasteiger partial charge in [0.1, 0.15) is 5.75 Å². The van der Waals surface area contributed by atoms with Gasteiger partial charge < -0.3 is 9.47 Å². The fraction of sp³-hybridized carbons (Fsp3) is 0.429. The van der Waals surface area contributed by atoms with Crippen molar-refractivity contribution in [1.82, 2.24) is 0 Å². The second kappa shape index (κ2) is 4.44. The minimum Gasteiger partial charge on any atom is -0.475 e. The van der Waals surface area contributed by atoms with Crippen LogP contribution in [0.2, 0.25) is 0 Å². The molecular weight excluding hydrogens is 232 g/mol. The first-order chi connectivity index (χ1) is 8.46. The minimum atomic E-state index is -0.978. The number of rotatable bonds is 3. The molecule has 1 aromatic rings. The number of carbonyl (C=O) groups excluding carboxylic acids is 2. The molecule has 0 aromatic heterocycles. The molecule has 4 nitrogen and oxygen atoms in total. The lowest BCUT2D eigenvalue weighted by Gasteiger charge is -2.21. The van der Waals surface area contributed by atoms with Crippen LogP contribution in [0.4, 0.5) is 0 Å². The zero-order valence-corrected chi connectivity index (χ0v) is 10.8. The monoisotopic (exact) mass is 248 g/mol. The van der Waals surface area contributed by atoms with Crippen molar-refractivity contribution in [1.29, 1.82) is 0 Å². The van der Waals surface area contributed by atoms with Gasteiger partial charge in [0.05, 0.1) is 6.61 Å². The van der Waals surface area contributed by atoms with Gasteiger partial charge in [-0.1, -0.05) is 0 Å². The molecule has 0 saturated heterocycles. The summed E-state index contributed by atoms with van der Waals surface area (Å²) in [6.07, 6.45) is 0.433. The van der Waals surface area contributed by atoms with Crippen molar-refractivity contribution in [2.75, 3.05) is 6.61 Å². The molecule has 1 aliphatic heterocycles. The number of ketones is 1. The summed E-state index contributed by atoms with van der Waals surface area (Å²) in [6.45, 7) is 5.31. The van der Waals surface area contributed by atoms with Crippen molar-refractivity contribution in [3.05, 3.63) is 29.3 Å². The highest BCUT2D eigenvalue weighted by Gasteiger charge is 2.43. The first-order valence-corrected chi connectivity index (χ1v) is 5.96. The Morgan fingerprint density at radius 3 is 2.78 bits per heavy atom. The predicted molar refractivity (Wildman–Crippen MR) is 65.8 cm³/mol. The molecule has 4 heteroatoms. The fourth-order valence-electron chi connectivity index (χ4n) is 2.08. The van der Waals surface area contributed by atoms with Crippen LogP contribution in [-0.2, 0) is 16.0 Å². The van der Waals surface area contributed by atoms with Crippen molar-refractivity contribution in [3.8, 4) is 5.75 Å². The number of fused-ring (bicyclic) bond motifs is 1. The lowest BCUT2D eigenvalue weighted by atomic mass is 9.98. The zero-order chi connectivity index (χ0) is 13.3. The third-order valence-corrected chi connectivity index (χ3v) is 3.04. The van der Waals surface area contributed by atoms with Gasteiger partial charge in [-0.25, -0.2) is 4.79 Å². The van der Waals surface area contributed by atoms with Crippen LogP contribution in [0, 0.1) is 0 Å². The van der Waals surface area contributed by atoms with Crippen LogP contribution in [0.1, 0.15) is 36.7 Å². The van der Waals surface area contributed by atoms with E-state index in [4.69, 9.17) is 9.47 Å². The topological polar surface area (TPSA) is 52.6 Å². The standard InChI is InChI=1S/C14H16O4/c1-4-17-13(16)14(3)8-11-7-10(9(2)15)5-6-12(11)18-14/h5-7H,4,8H2,1-3H3/t14-/m0/s1. The summed E-state index contributed by atoms with van der Waals surface area (Å²) in [7, 11) is 0. The smallest absolute Gasteiger partial charge is 0.350 e. The quantitative estimate of drug-likeness (QED) is 0.607. The number of esters is 1. The molecule has 1 heterocycles. The molecule has 0 radical (unpaired) electrons. The average molecular weight is 248 g/mol. The molecule has 1 atom stereocenters. The highest BCUT2D eigenvalue weighted by Crippen LogP contribution is 2.36. The summed E-state index contributed by atoms with van der Waals surface area (Å²) in [5.41, 5.74) is 0.525. The van der Waals surface area contributed by atoms with Gasteiger partial charge in [-0.15, -0.1) is 0 Å². The fourth-order valence-corrected chi connectivity index (χ4v) is 2.08. The first kappa shape index (κ1) is 12.6. The largest absolute Gasteiger partial charge is 0.475 e. The summed E-state index contributed by atoms with van der Waals surface area (Å²) >= 11 is 0. The van der Waals surface area contributed by atoms with E-state index in [1.54, 1.807) is 32.0 Å². The van der Waals surface area contributed by atoms with E-state index in [0.29, 0.717) is 24.3 Å². The highest BCUT2D eigenvalue weighted by molar-refractivity contribution is 5.94. The molecule has 18 heavy (non-hydrogen) atoms. The van der Waals surface area contributed by atoms with E-state index in [-0.39, 0.29) is 11.8 Å². The molecule has 0 N–H and O–H groups in total. The molecule has 1 aliphatic rings. The van der Waals surface area contributed by atoms with Crippen molar-refractivity contribution in [3.63, 3.8) is 0 Å². The van der Waals surface area contributed by atoms with Gasteiger partial charge in [0.2, 0.25) is 5.60 Å². The van der Waals surface area contributed by atoms with E-state index < -0.39 is 5.60 Å². The number of hydrogen-bond acceptors (Lipinski definition) is 4. The van der Waals surface area contributed by atoms with Crippen LogP contribution < -0.4 is 4.74 Å². The Morgan fingerprint density at radius 1 is 1.44 bits per heavy atom. The first-order valence-electron chi connectivity index (χ1n) is 5.96. The summed E-state index contributed by atoms with van der Waals surface area (Å²) in [5, 5.41) is 0. The lowest BCUT2D eigenvalue weighted by Crippen LogP contribution is -2.41. The van der Waals surface area contributed by atoms with E-state index in [1.807, 2.05) is 0 Å². The molecule has 0 saturated carbocycles. The zero-order valence-electron chi connectivity index (χ0n) is 10.8. The predicted octanol–water partition coefficient (Wildman–Crippen LogP) is 2.15. The Labute approximate surface area is 106 Å². The Kier molecular flexibility index (Phi) is 3.11. The summed E-state index contributed by atoms with van der Waals surface area (Å²) in [4.78, 5) is 23.2. The maximum Gasteiger partial charge on any atom is 0.350 e. The maximum absolute atomic E-state index is 11.8. The van der Waals surface area contributed by atoms with Crippen molar-refractivity contribution in [2.24, 2.45) is 0 Å². The van der Waals surface area contributed by atoms with Crippen LogP contribution in [0.15, 0.2) is 18.2 Å². The number of ether oxygens (including phenoxy) is 2. The Bertz CT molecular complexity index is 507. The van der Waals surface area contributed by atoms with Crippen LogP contribution >= 0.6 is 0 Å². The SMILES string of the molecule is CCOC(=O)[C@]1(C)Cc2cc(C(C)=O)ccc2O1. The Morgan fingerprint density at radius 2 is 2.17 bits per heavy atom. The third-order valence-electron chi connectivity index (χ3n) is 3.04. The van der Waals surface area contributed by atoms with E-state index in [0.717, 1.165) is 5.56 Å². The summed E-state index contributed by atoms with van der Waals surface area (Å²) in [5.74, 6) is 0.281. The number of hydrogen-bond donors (Lipinski definition) is 0. The van der Waals surface area contributed by atoms with Crippen LogP contribution in [0.25, 0.3) is 0 Å². The van der Waals surface area contributed by atoms with E-state index >= 15 is 0 Å². The van der Waals surface area contributed by atoms with Gasteiger partial charge in [-0.2, -0.15) is 0 Å². The molecule has 0 amide bonds. The molecule has 0 spiro atoms. The highest BCUT2D eigenvalue weighted by atomic mass is 16.6. The maximum atomic E-state index is 11.8. The normalized spacial score (nSPS) is 21.1. The van der Waals surface area contributed by atoms with Gasteiger partial charge in [-0.05, 0) is 44.5 Å². The second-order valence-electron chi connectivity index (χ2n) is 4.61. The van der Waals surface area contributed by atoms with Gasteiger partial charge in [-0.3, -0.25) is 4.79 Å². The number of Topliss-reactive ketones (excluding diaryl/α,β-unsaturated/α-hetero) is 1. The van der Waals surface area contributed by atoms with E-state index in [2.05, 4.69) is 0 Å². The van der Waals surface area contributed by atoms with Crippen molar-refractivity contribution < 1.29 is 19.1 Å². The number of carbonyl (C=O) groups is 2. The van der Waals surface area contributed by atoms with Gasteiger partial charge >= 0.3 is 5.97 Å². The van der Waals surface area contributed by atoms with Crippen molar-refractivity contribution >= 4 is 11.8 Å². The summed E-state index contributed by atoms with van der Waals surface area (Å²) in [6, 6.07) is 5.22. The minimum absolute atomic E-state index is 0.00235. The lowest BCUT2D eigenvalue weighted by molar-refractivity contribution is -0.158.